The van der Waals surface area contributed by atoms with Crippen molar-refractivity contribution in [2.75, 3.05) is 14.8 Å². The summed E-state index contributed by atoms with van der Waals surface area (Å²) in [4.78, 5) is 11.1. The Morgan fingerprint density at radius 1 is 0.781 bits per heavy atom. The number of carbonyl (C=O) groups is 1. The summed E-state index contributed by atoms with van der Waals surface area (Å²) < 4.78 is 56.1. The molecule has 0 spiro atoms. The molecule has 3 aromatic carbocycles. The topological polar surface area (TPSA) is 121 Å². The maximum atomic E-state index is 12.9. The first kappa shape index (κ1) is 23.6. The number of nitrogens with one attached hydrogen (secondary N) is 3. The molecule has 8 nitrogen and oxygen atoms in total. The van der Waals surface area contributed by atoms with Crippen LogP contribution in [-0.2, 0) is 24.8 Å². The van der Waals surface area contributed by atoms with Gasteiger partial charge in [-0.15, -0.1) is 0 Å². The molecule has 168 valence electrons. The smallest absolute Gasteiger partial charge is 0.262 e. The second-order valence-electron chi connectivity index (χ2n) is 6.91. The van der Waals surface area contributed by atoms with Crippen molar-refractivity contribution in [1.82, 2.24) is 0 Å². The minimum Gasteiger partial charge on any atom is -0.326 e. The Bertz CT molecular complexity index is 1390. The lowest BCUT2D eigenvalue weighted by Crippen LogP contribution is -2.16. The third kappa shape index (κ3) is 5.78. The van der Waals surface area contributed by atoms with Crippen molar-refractivity contribution in [2.45, 2.75) is 23.6 Å². The largest absolute Gasteiger partial charge is 0.326 e. The number of carbonyl (C=O) groups excluding carboxylic acids is 1. The standard InChI is InChI=1S/C21H20ClN3O5S2/c1-14-9-10-17(23-15(2)26)13-21(14)32(29,30)25-19-7-4-8-20(12-19)31(27,28)24-18-6-3-5-16(22)11-18/h3-13,24-25H,1-2H3,(H,23,26). The Morgan fingerprint density at radius 2 is 1.41 bits per heavy atom. The Kier molecular flexibility index (Phi) is 6.77. The first-order chi connectivity index (χ1) is 15.0. The van der Waals surface area contributed by atoms with E-state index in [1.165, 1.54) is 43.3 Å². The van der Waals surface area contributed by atoms with Crippen LogP contribution in [0.3, 0.4) is 0 Å². The van der Waals surface area contributed by atoms with E-state index in [4.69, 9.17) is 11.6 Å². The zero-order chi connectivity index (χ0) is 23.5. The third-order valence-corrected chi connectivity index (χ3v) is 7.41. The Balaban J connectivity index is 1.89. The molecule has 0 unspecified atom stereocenters. The Hall–Kier alpha value is -3.08. The highest BCUT2D eigenvalue weighted by molar-refractivity contribution is 7.93. The molecule has 0 saturated carbocycles. The summed E-state index contributed by atoms with van der Waals surface area (Å²) in [6.45, 7) is 2.93. The molecule has 0 aliphatic carbocycles. The molecule has 11 heteroatoms. The molecule has 0 aliphatic heterocycles. The van der Waals surface area contributed by atoms with Gasteiger partial charge in [0.05, 0.1) is 21.2 Å². The first-order valence-corrected chi connectivity index (χ1v) is 12.6. The minimum absolute atomic E-state index is 0.0472. The molecule has 0 aromatic heterocycles. The van der Waals surface area contributed by atoms with E-state index in [9.17, 15) is 21.6 Å². The number of rotatable bonds is 7. The van der Waals surface area contributed by atoms with Crippen LogP contribution < -0.4 is 14.8 Å². The van der Waals surface area contributed by atoms with Crippen LogP contribution in [0.15, 0.2) is 76.5 Å². The molecule has 3 aromatic rings. The Morgan fingerprint density at radius 3 is 2.06 bits per heavy atom. The van der Waals surface area contributed by atoms with Gasteiger partial charge < -0.3 is 5.32 Å². The molecule has 0 heterocycles. The van der Waals surface area contributed by atoms with Gasteiger partial charge in [0, 0.05) is 17.6 Å². The van der Waals surface area contributed by atoms with E-state index >= 15 is 0 Å². The number of amides is 1. The second-order valence-corrected chi connectivity index (χ2v) is 10.7. The van der Waals surface area contributed by atoms with Crippen LogP contribution >= 0.6 is 11.6 Å². The highest BCUT2D eigenvalue weighted by atomic mass is 35.5. The van der Waals surface area contributed by atoms with Crippen LogP contribution in [0.5, 0.6) is 0 Å². The number of benzene rings is 3. The summed E-state index contributed by atoms with van der Waals surface area (Å²) in [5, 5.41) is 2.90. The predicted molar refractivity (Wildman–Crippen MR) is 125 cm³/mol. The number of aryl methyl sites for hydroxylation is 1. The number of hydrogen-bond acceptors (Lipinski definition) is 5. The average molecular weight is 494 g/mol. The molecule has 0 saturated heterocycles. The molecule has 0 aliphatic rings. The number of anilines is 3. The maximum absolute atomic E-state index is 12.9. The second kappa shape index (κ2) is 9.19. The van der Waals surface area contributed by atoms with E-state index in [1.54, 1.807) is 37.3 Å². The fourth-order valence-corrected chi connectivity index (χ4v) is 5.48. The molecule has 0 radical (unpaired) electrons. The lowest BCUT2D eigenvalue weighted by molar-refractivity contribution is -0.114. The van der Waals surface area contributed by atoms with E-state index in [1.807, 2.05) is 0 Å². The molecule has 0 atom stereocenters. The summed E-state index contributed by atoms with van der Waals surface area (Å²) in [7, 11) is -8.06. The number of sulfonamides is 2. The van der Waals surface area contributed by atoms with Crippen LogP contribution in [0.2, 0.25) is 5.02 Å². The molecular formula is C21H20ClN3O5S2. The van der Waals surface area contributed by atoms with Gasteiger partial charge in [-0.2, -0.15) is 0 Å². The molecule has 0 fully saturated rings. The molecule has 3 rings (SSSR count). The van der Waals surface area contributed by atoms with E-state index < -0.39 is 20.0 Å². The average Bonchev–Trinajstić information content (AvgIpc) is 2.68. The zero-order valence-electron chi connectivity index (χ0n) is 17.1. The normalized spacial score (nSPS) is 11.6. The van der Waals surface area contributed by atoms with Crippen LogP contribution in [0.4, 0.5) is 17.1 Å². The zero-order valence-corrected chi connectivity index (χ0v) is 19.5. The molecule has 32 heavy (non-hydrogen) atoms. The van der Waals surface area contributed by atoms with Crippen molar-refractivity contribution >= 4 is 54.6 Å². The fraction of sp³-hybridized carbons (Fsp3) is 0.0952. The van der Waals surface area contributed by atoms with Crippen molar-refractivity contribution in [1.29, 1.82) is 0 Å². The lowest BCUT2D eigenvalue weighted by atomic mass is 10.2. The highest BCUT2D eigenvalue weighted by Gasteiger charge is 2.20. The lowest BCUT2D eigenvalue weighted by Gasteiger charge is -2.14. The van der Waals surface area contributed by atoms with Crippen molar-refractivity contribution in [2.24, 2.45) is 0 Å². The van der Waals surface area contributed by atoms with E-state index in [2.05, 4.69) is 14.8 Å². The predicted octanol–water partition coefficient (Wildman–Crippen LogP) is 4.21. The third-order valence-electron chi connectivity index (χ3n) is 4.27. The summed E-state index contributed by atoms with van der Waals surface area (Å²) in [6, 6.07) is 16.1. The van der Waals surface area contributed by atoms with Gasteiger partial charge >= 0.3 is 0 Å². The van der Waals surface area contributed by atoms with E-state index in [-0.39, 0.29) is 27.1 Å². The van der Waals surface area contributed by atoms with E-state index in [0.717, 1.165) is 0 Å². The van der Waals surface area contributed by atoms with Crippen molar-refractivity contribution in [3.8, 4) is 0 Å². The Labute approximate surface area is 191 Å². The fourth-order valence-electron chi connectivity index (χ4n) is 2.87. The highest BCUT2D eigenvalue weighted by Crippen LogP contribution is 2.25. The van der Waals surface area contributed by atoms with Crippen LogP contribution in [0, 0.1) is 6.92 Å². The summed E-state index contributed by atoms with van der Waals surface area (Å²) >= 11 is 5.89. The molecular weight excluding hydrogens is 474 g/mol. The number of halogens is 1. The maximum Gasteiger partial charge on any atom is 0.262 e. The van der Waals surface area contributed by atoms with Gasteiger partial charge in [-0.1, -0.05) is 29.8 Å². The van der Waals surface area contributed by atoms with Gasteiger partial charge in [0.25, 0.3) is 20.0 Å². The van der Waals surface area contributed by atoms with Crippen LogP contribution in [0.1, 0.15) is 12.5 Å². The molecule has 1 amide bonds. The van der Waals surface area contributed by atoms with Gasteiger partial charge in [0.15, 0.2) is 0 Å². The van der Waals surface area contributed by atoms with Crippen molar-refractivity contribution < 1.29 is 21.6 Å². The first-order valence-electron chi connectivity index (χ1n) is 9.26. The van der Waals surface area contributed by atoms with Gasteiger partial charge in [-0.3, -0.25) is 14.2 Å². The summed E-state index contributed by atoms with van der Waals surface area (Å²) in [5.74, 6) is -0.338. The minimum atomic E-state index is -4.06. The number of hydrogen-bond donors (Lipinski definition) is 3. The van der Waals surface area contributed by atoms with Crippen LogP contribution in [-0.4, -0.2) is 22.7 Å². The molecule has 0 bridgehead atoms. The van der Waals surface area contributed by atoms with Gasteiger partial charge in [0.2, 0.25) is 5.91 Å². The summed E-state index contributed by atoms with van der Waals surface area (Å²) in [6.07, 6.45) is 0. The van der Waals surface area contributed by atoms with Crippen molar-refractivity contribution in [3.63, 3.8) is 0 Å². The summed E-state index contributed by atoms with van der Waals surface area (Å²) in [5.41, 5.74) is 1.11. The van der Waals surface area contributed by atoms with Gasteiger partial charge in [-0.05, 0) is 61.0 Å². The van der Waals surface area contributed by atoms with Crippen LogP contribution in [0.25, 0.3) is 0 Å². The monoisotopic (exact) mass is 493 g/mol. The SMILES string of the molecule is CC(=O)Nc1ccc(C)c(S(=O)(=O)Nc2cccc(S(=O)(=O)Nc3cccc(Cl)c3)c2)c1. The molecule has 3 N–H and O–H groups in total. The van der Waals surface area contributed by atoms with Gasteiger partial charge in [-0.25, -0.2) is 16.8 Å². The van der Waals surface area contributed by atoms with Crippen molar-refractivity contribution in [3.05, 3.63) is 77.3 Å². The van der Waals surface area contributed by atoms with Gasteiger partial charge in [0.1, 0.15) is 0 Å². The quantitative estimate of drug-likeness (QED) is 0.455. The van der Waals surface area contributed by atoms with E-state index in [0.29, 0.717) is 16.3 Å².